The van der Waals surface area contributed by atoms with Crippen LogP contribution in [0.1, 0.15) is 12.8 Å². The van der Waals surface area contributed by atoms with Crippen molar-refractivity contribution in [2.75, 3.05) is 17.2 Å². The maximum Gasteiger partial charge on any atom is 0.323 e. The number of ether oxygens (including phenoxy) is 1. The maximum absolute atomic E-state index is 12.8. The van der Waals surface area contributed by atoms with Crippen LogP contribution in [0.4, 0.5) is 20.6 Å². The van der Waals surface area contributed by atoms with Gasteiger partial charge >= 0.3 is 6.03 Å². The third kappa shape index (κ3) is 5.67. The number of urea groups is 1. The normalized spacial score (nSPS) is 9.74. The molecule has 6 heteroatoms. The quantitative estimate of drug-likeness (QED) is 0.787. The van der Waals surface area contributed by atoms with Crippen molar-refractivity contribution in [2.24, 2.45) is 0 Å². The minimum absolute atomic E-state index is 0.364. The first-order valence-corrected chi connectivity index (χ1v) is 7.11. The van der Waals surface area contributed by atoms with Crippen molar-refractivity contribution in [3.63, 3.8) is 0 Å². The van der Waals surface area contributed by atoms with Gasteiger partial charge in [-0.05, 0) is 42.8 Å². The number of halogens is 1. The molecule has 0 radical (unpaired) electrons. The fraction of sp³-hybridized carbons (Fsp3) is 0.176. The monoisotopic (exact) mass is 313 g/mol. The minimum atomic E-state index is -0.432. The lowest BCUT2D eigenvalue weighted by molar-refractivity contribution is 0.262. The summed E-state index contributed by atoms with van der Waals surface area (Å²) in [6, 6.07) is 14.1. The van der Waals surface area contributed by atoms with E-state index >= 15 is 0 Å². The zero-order chi connectivity index (χ0) is 16.5. The Morgan fingerprint density at radius 1 is 1.13 bits per heavy atom. The van der Waals surface area contributed by atoms with E-state index in [9.17, 15) is 9.18 Å². The van der Waals surface area contributed by atoms with Crippen LogP contribution in [0.2, 0.25) is 0 Å². The number of rotatable bonds is 6. The van der Waals surface area contributed by atoms with Crippen molar-refractivity contribution >= 4 is 17.4 Å². The lowest BCUT2D eigenvalue weighted by Crippen LogP contribution is -2.19. The first-order valence-electron chi connectivity index (χ1n) is 7.11. The first-order chi connectivity index (χ1) is 11.2. The smallest absolute Gasteiger partial charge is 0.323 e. The van der Waals surface area contributed by atoms with E-state index < -0.39 is 6.03 Å². The number of carbonyl (C=O) groups excluding carboxylic acids is 1. The standard InChI is InChI=1S/C17H16FN3O2/c18-13-6-8-14(9-7-13)20-17(22)21-15-4-3-5-16(12-15)23-11-2-1-10-19/h3-9,12H,1-2,11H2,(H2,20,21,22). The number of amides is 2. The zero-order valence-corrected chi connectivity index (χ0v) is 12.4. The molecule has 0 aliphatic heterocycles. The Balaban J connectivity index is 1.88. The zero-order valence-electron chi connectivity index (χ0n) is 12.4. The lowest BCUT2D eigenvalue weighted by atomic mass is 10.3. The van der Waals surface area contributed by atoms with E-state index in [1.54, 1.807) is 24.3 Å². The van der Waals surface area contributed by atoms with Gasteiger partial charge in [0.15, 0.2) is 0 Å². The highest BCUT2D eigenvalue weighted by atomic mass is 19.1. The molecule has 2 rings (SSSR count). The van der Waals surface area contributed by atoms with Gasteiger partial charge in [0.2, 0.25) is 0 Å². The summed E-state index contributed by atoms with van der Waals surface area (Å²) in [5, 5.41) is 13.7. The van der Waals surface area contributed by atoms with Crippen molar-refractivity contribution in [3.8, 4) is 11.8 Å². The molecular formula is C17H16FN3O2. The summed E-state index contributed by atoms with van der Waals surface area (Å²) in [4.78, 5) is 11.9. The summed E-state index contributed by atoms with van der Waals surface area (Å²) in [7, 11) is 0. The Kier molecular flexibility index (Phi) is 5.95. The van der Waals surface area contributed by atoms with E-state index in [1.165, 1.54) is 24.3 Å². The average molecular weight is 313 g/mol. The van der Waals surface area contributed by atoms with E-state index in [0.29, 0.717) is 36.6 Å². The Hall–Kier alpha value is -3.07. The van der Waals surface area contributed by atoms with Crippen LogP contribution >= 0.6 is 0 Å². The van der Waals surface area contributed by atoms with Gasteiger partial charge in [0.1, 0.15) is 11.6 Å². The maximum atomic E-state index is 12.8. The SMILES string of the molecule is N#CCCCOc1cccc(NC(=O)Nc2ccc(F)cc2)c1. The van der Waals surface area contributed by atoms with Crippen molar-refractivity contribution in [1.29, 1.82) is 5.26 Å². The van der Waals surface area contributed by atoms with Crippen LogP contribution < -0.4 is 15.4 Å². The topological polar surface area (TPSA) is 74.1 Å². The number of carbonyl (C=O) groups is 1. The molecule has 0 saturated carbocycles. The number of unbranched alkanes of at least 4 members (excludes halogenated alkanes) is 1. The second-order valence-electron chi connectivity index (χ2n) is 4.72. The van der Waals surface area contributed by atoms with Gasteiger partial charge < -0.3 is 15.4 Å². The third-order valence-corrected chi connectivity index (χ3v) is 2.90. The fourth-order valence-corrected chi connectivity index (χ4v) is 1.83. The fourth-order valence-electron chi connectivity index (χ4n) is 1.83. The molecule has 0 aliphatic carbocycles. The van der Waals surface area contributed by atoms with Gasteiger partial charge in [-0.3, -0.25) is 0 Å². The first kappa shape index (κ1) is 16.3. The third-order valence-electron chi connectivity index (χ3n) is 2.90. The average Bonchev–Trinajstić information content (AvgIpc) is 2.54. The highest BCUT2D eigenvalue weighted by Gasteiger charge is 2.04. The van der Waals surface area contributed by atoms with Gasteiger partial charge in [-0.1, -0.05) is 6.07 Å². The molecule has 0 bridgehead atoms. The molecule has 0 atom stereocenters. The molecule has 0 unspecified atom stereocenters. The van der Waals surface area contributed by atoms with Crippen molar-refractivity contribution in [1.82, 2.24) is 0 Å². The number of hydrogen-bond donors (Lipinski definition) is 2. The number of hydrogen-bond acceptors (Lipinski definition) is 3. The molecule has 118 valence electrons. The van der Waals surface area contributed by atoms with Crippen LogP contribution in [0.5, 0.6) is 5.75 Å². The van der Waals surface area contributed by atoms with Gasteiger partial charge in [0, 0.05) is 23.9 Å². The molecule has 0 saturated heterocycles. The molecule has 23 heavy (non-hydrogen) atoms. The molecule has 0 heterocycles. The second-order valence-corrected chi connectivity index (χ2v) is 4.72. The van der Waals surface area contributed by atoms with Crippen molar-refractivity contribution in [3.05, 3.63) is 54.3 Å². The summed E-state index contributed by atoms with van der Waals surface area (Å²) in [5.41, 5.74) is 1.07. The van der Waals surface area contributed by atoms with Gasteiger partial charge in [-0.25, -0.2) is 9.18 Å². The Morgan fingerprint density at radius 2 is 1.87 bits per heavy atom. The minimum Gasteiger partial charge on any atom is -0.493 e. The molecule has 2 N–H and O–H groups in total. The molecular weight excluding hydrogens is 297 g/mol. The van der Waals surface area contributed by atoms with Crippen LogP contribution in [0.15, 0.2) is 48.5 Å². The molecule has 0 spiro atoms. The highest BCUT2D eigenvalue weighted by Crippen LogP contribution is 2.18. The summed E-state index contributed by atoms with van der Waals surface area (Å²) < 4.78 is 18.3. The van der Waals surface area contributed by atoms with Crippen LogP contribution in [-0.4, -0.2) is 12.6 Å². The molecule has 2 aromatic rings. The van der Waals surface area contributed by atoms with Gasteiger partial charge in [0.05, 0.1) is 12.7 Å². The molecule has 0 fully saturated rings. The Labute approximate surface area is 133 Å². The Bertz CT molecular complexity index is 696. The van der Waals surface area contributed by atoms with Crippen LogP contribution in [-0.2, 0) is 0 Å². The van der Waals surface area contributed by atoms with E-state index in [1.807, 2.05) is 6.07 Å². The number of nitriles is 1. The highest BCUT2D eigenvalue weighted by molar-refractivity contribution is 5.99. The van der Waals surface area contributed by atoms with Crippen molar-refractivity contribution in [2.45, 2.75) is 12.8 Å². The number of nitrogens with zero attached hydrogens (tertiary/aromatic N) is 1. The van der Waals surface area contributed by atoms with Gasteiger partial charge in [0.25, 0.3) is 0 Å². The largest absolute Gasteiger partial charge is 0.493 e. The van der Waals surface area contributed by atoms with E-state index in [-0.39, 0.29) is 5.82 Å². The number of benzene rings is 2. The summed E-state index contributed by atoms with van der Waals surface area (Å²) in [5.74, 6) is 0.250. The van der Waals surface area contributed by atoms with E-state index in [2.05, 4.69) is 10.6 Å². The predicted octanol–water partition coefficient (Wildman–Crippen LogP) is 4.15. The summed E-state index contributed by atoms with van der Waals surface area (Å²) >= 11 is 0. The molecule has 5 nitrogen and oxygen atoms in total. The number of anilines is 2. The van der Waals surface area contributed by atoms with Gasteiger partial charge in [-0.2, -0.15) is 5.26 Å². The van der Waals surface area contributed by atoms with E-state index in [0.717, 1.165) is 0 Å². The Morgan fingerprint density at radius 3 is 2.61 bits per heavy atom. The van der Waals surface area contributed by atoms with Crippen molar-refractivity contribution < 1.29 is 13.9 Å². The molecule has 2 aromatic carbocycles. The molecule has 2 amide bonds. The number of nitrogens with one attached hydrogen (secondary N) is 2. The summed E-state index contributed by atoms with van der Waals surface area (Å²) in [6.45, 7) is 0.443. The lowest BCUT2D eigenvalue weighted by Gasteiger charge is -2.10. The van der Waals surface area contributed by atoms with Crippen LogP contribution in [0, 0.1) is 17.1 Å². The predicted molar refractivity (Wildman–Crippen MR) is 85.8 cm³/mol. The van der Waals surface area contributed by atoms with Crippen LogP contribution in [0.3, 0.4) is 0 Å². The van der Waals surface area contributed by atoms with Gasteiger partial charge in [-0.15, -0.1) is 0 Å². The second kappa shape index (κ2) is 8.39. The van der Waals surface area contributed by atoms with E-state index in [4.69, 9.17) is 10.00 Å². The molecule has 0 aromatic heterocycles. The van der Waals surface area contributed by atoms with Crippen LogP contribution in [0.25, 0.3) is 0 Å². The molecule has 0 aliphatic rings. The summed E-state index contributed by atoms with van der Waals surface area (Å²) in [6.07, 6.45) is 1.09.